The molecule has 1 amide bonds. The van der Waals surface area contributed by atoms with Crippen molar-refractivity contribution in [2.24, 2.45) is 0 Å². The van der Waals surface area contributed by atoms with Crippen LogP contribution in [0.25, 0.3) is 0 Å². The molecule has 0 radical (unpaired) electrons. The average molecular weight is 421 g/mol. The van der Waals surface area contributed by atoms with Crippen LogP contribution in [0.5, 0.6) is 5.75 Å². The lowest BCUT2D eigenvalue weighted by molar-refractivity contribution is -0.384. The van der Waals surface area contributed by atoms with Gasteiger partial charge in [0.1, 0.15) is 5.75 Å². The van der Waals surface area contributed by atoms with Gasteiger partial charge >= 0.3 is 0 Å². The number of nitro benzene ring substituents is 1. The predicted molar refractivity (Wildman–Crippen MR) is 107 cm³/mol. The first kappa shape index (κ1) is 22.3. The summed E-state index contributed by atoms with van der Waals surface area (Å²) in [5, 5.41) is 13.2. The third kappa shape index (κ3) is 7.16. The molecule has 0 unspecified atom stereocenters. The van der Waals surface area contributed by atoms with Crippen LogP contribution in [0.15, 0.2) is 53.4 Å². The summed E-state index contributed by atoms with van der Waals surface area (Å²) in [6.45, 7) is 1.96. The summed E-state index contributed by atoms with van der Waals surface area (Å²) in [7, 11) is -3.82. The molecule has 29 heavy (non-hydrogen) atoms. The standard InChI is InChI=1S/C19H23N3O6S/c1-2-3-15-4-8-17(9-5-15)28-14-19(23)20-12-13-21-29(26,27)18-10-6-16(7-11-18)22(24)25/h4-11,21H,2-3,12-14H2,1H3,(H,20,23). The molecule has 156 valence electrons. The monoisotopic (exact) mass is 421 g/mol. The molecule has 2 N–H and O–H groups in total. The maximum absolute atomic E-state index is 12.1. The van der Waals surface area contributed by atoms with E-state index in [4.69, 9.17) is 4.74 Å². The van der Waals surface area contributed by atoms with Crippen molar-refractivity contribution >= 4 is 21.6 Å². The van der Waals surface area contributed by atoms with Crippen molar-refractivity contribution in [1.82, 2.24) is 10.0 Å². The van der Waals surface area contributed by atoms with Crippen molar-refractivity contribution in [3.8, 4) is 5.75 Å². The van der Waals surface area contributed by atoms with E-state index in [9.17, 15) is 23.3 Å². The molecule has 0 saturated carbocycles. The van der Waals surface area contributed by atoms with Gasteiger partial charge in [0.15, 0.2) is 6.61 Å². The Kier molecular flexibility index (Phi) is 8.10. The molecule has 2 rings (SSSR count). The zero-order chi connectivity index (χ0) is 21.3. The van der Waals surface area contributed by atoms with Gasteiger partial charge in [-0.1, -0.05) is 25.5 Å². The van der Waals surface area contributed by atoms with Crippen LogP contribution in [-0.2, 0) is 21.2 Å². The van der Waals surface area contributed by atoms with E-state index in [1.165, 1.54) is 5.56 Å². The topological polar surface area (TPSA) is 128 Å². The lowest BCUT2D eigenvalue weighted by Crippen LogP contribution is -2.36. The van der Waals surface area contributed by atoms with E-state index in [0.29, 0.717) is 5.75 Å². The summed E-state index contributed by atoms with van der Waals surface area (Å²) in [5.41, 5.74) is 1.00. The summed E-state index contributed by atoms with van der Waals surface area (Å²) in [6, 6.07) is 12.0. The second kappa shape index (κ2) is 10.5. The highest BCUT2D eigenvalue weighted by molar-refractivity contribution is 7.89. The van der Waals surface area contributed by atoms with Crippen LogP contribution in [0.2, 0.25) is 0 Å². The highest BCUT2D eigenvalue weighted by atomic mass is 32.2. The third-order valence-electron chi connectivity index (χ3n) is 3.93. The fourth-order valence-electron chi connectivity index (χ4n) is 2.46. The Bertz CT molecular complexity index is 927. The highest BCUT2D eigenvalue weighted by Crippen LogP contribution is 2.15. The van der Waals surface area contributed by atoms with E-state index in [-0.39, 0.29) is 36.2 Å². The number of nitrogens with zero attached hydrogens (tertiary/aromatic N) is 1. The number of amides is 1. The molecule has 2 aromatic rings. The molecule has 0 saturated heterocycles. The van der Waals surface area contributed by atoms with Gasteiger partial charge in [-0.15, -0.1) is 0 Å². The Balaban J connectivity index is 1.72. The maximum atomic E-state index is 12.1. The number of rotatable bonds is 11. The van der Waals surface area contributed by atoms with Gasteiger partial charge in [0.2, 0.25) is 10.0 Å². The van der Waals surface area contributed by atoms with Crippen molar-refractivity contribution in [2.45, 2.75) is 24.7 Å². The van der Waals surface area contributed by atoms with Crippen LogP contribution in [0.3, 0.4) is 0 Å². The van der Waals surface area contributed by atoms with Gasteiger partial charge < -0.3 is 10.1 Å². The molecule has 0 spiro atoms. The van der Waals surface area contributed by atoms with Crippen molar-refractivity contribution in [1.29, 1.82) is 0 Å². The van der Waals surface area contributed by atoms with Gasteiger partial charge in [-0.2, -0.15) is 0 Å². The highest BCUT2D eigenvalue weighted by Gasteiger charge is 2.15. The van der Waals surface area contributed by atoms with Crippen molar-refractivity contribution in [3.63, 3.8) is 0 Å². The molecule has 9 nitrogen and oxygen atoms in total. The number of carbonyl (C=O) groups is 1. The van der Waals surface area contributed by atoms with E-state index in [1.54, 1.807) is 12.1 Å². The normalized spacial score (nSPS) is 11.1. The van der Waals surface area contributed by atoms with E-state index in [1.807, 2.05) is 12.1 Å². The molecule has 0 aromatic heterocycles. The molecule has 10 heteroatoms. The Morgan fingerprint density at radius 2 is 1.72 bits per heavy atom. The van der Waals surface area contributed by atoms with Crippen molar-refractivity contribution < 1.29 is 22.9 Å². The van der Waals surface area contributed by atoms with Gasteiger partial charge in [0.25, 0.3) is 11.6 Å². The zero-order valence-electron chi connectivity index (χ0n) is 16.0. The Hall–Kier alpha value is -2.98. The smallest absolute Gasteiger partial charge is 0.269 e. The lowest BCUT2D eigenvalue weighted by atomic mass is 10.1. The predicted octanol–water partition coefficient (Wildman–Crippen LogP) is 2.02. The number of nitrogens with one attached hydrogen (secondary N) is 2. The first-order valence-electron chi connectivity index (χ1n) is 9.04. The number of nitro groups is 1. The van der Waals surface area contributed by atoms with Crippen LogP contribution >= 0.6 is 0 Å². The largest absolute Gasteiger partial charge is 0.484 e. The molecule has 0 fully saturated rings. The second-order valence-corrected chi connectivity index (χ2v) is 7.95. The number of aryl methyl sites for hydroxylation is 1. The SMILES string of the molecule is CCCc1ccc(OCC(=O)NCCNS(=O)(=O)c2ccc([N+](=O)[O-])cc2)cc1. The number of benzene rings is 2. The average Bonchev–Trinajstić information content (AvgIpc) is 2.71. The molecule has 0 heterocycles. The van der Waals surface area contributed by atoms with Crippen LogP contribution in [0.1, 0.15) is 18.9 Å². The number of non-ortho nitro benzene ring substituents is 1. The van der Waals surface area contributed by atoms with E-state index in [0.717, 1.165) is 37.1 Å². The minimum atomic E-state index is -3.82. The molecule has 2 aromatic carbocycles. The minimum absolute atomic E-state index is 0.0310. The maximum Gasteiger partial charge on any atom is 0.269 e. The fourth-order valence-corrected chi connectivity index (χ4v) is 3.49. The summed E-state index contributed by atoms with van der Waals surface area (Å²) >= 11 is 0. The minimum Gasteiger partial charge on any atom is -0.484 e. The number of hydrogen-bond acceptors (Lipinski definition) is 6. The molecule has 0 aliphatic heterocycles. The Labute approximate surface area is 169 Å². The number of carbonyl (C=O) groups excluding carboxylic acids is 1. The molecule has 0 atom stereocenters. The van der Waals surface area contributed by atoms with Gasteiger partial charge in [-0.3, -0.25) is 14.9 Å². The van der Waals surface area contributed by atoms with Crippen LogP contribution in [0, 0.1) is 10.1 Å². The molecule has 0 aliphatic rings. The van der Waals surface area contributed by atoms with Crippen molar-refractivity contribution in [2.75, 3.05) is 19.7 Å². The quantitative estimate of drug-likeness (QED) is 0.325. The molecule has 0 bridgehead atoms. The van der Waals surface area contributed by atoms with E-state index < -0.39 is 14.9 Å². The van der Waals surface area contributed by atoms with E-state index in [2.05, 4.69) is 17.0 Å². The zero-order valence-corrected chi connectivity index (χ0v) is 16.8. The summed E-state index contributed by atoms with van der Waals surface area (Å²) in [6.07, 6.45) is 2.03. The lowest BCUT2D eigenvalue weighted by Gasteiger charge is -2.09. The number of hydrogen-bond donors (Lipinski definition) is 2. The van der Waals surface area contributed by atoms with Gasteiger partial charge in [-0.25, -0.2) is 13.1 Å². The Morgan fingerprint density at radius 1 is 1.07 bits per heavy atom. The summed E-state index contributed by atoms with van der Waals surface area (Å²) in [4.78, 5) is 21.7. The number of ether oxygens (including phenoxy) is 1. The summed E-state index contributed by atoms with van der Waals surface area (Å²) in [5.74, 6) is 0.205. The second-order valence-electron chi connectivity index (χ2n) is 6.18. The van der Waals surface area contributed by atoms with Gasteiger partial charge in [0.05, 0.1) is 9.82 Å². The van der Waals surface area contributed by atoms with Crippen molar-refractivity contribution in [3.05, 3.63) is 64.2 Å². The first-order chi connectivity index (χ1) is 13.8. The summed E-state index contributed by atoms with van der Waals surface area (Å²) < 4.78 is 32.0. The molecular weight excluding hydrogens is 398 g/mol. The van der Waals surface area contributed by atoms with Gasteiger partial charge in [0, 0.05) is 25.2 Å². The first-order valence-corrected chi connectivity index (χ1v) is 10.5. The molecule has 0 aliphatic carbocycles. The fraction of sp³-hybridized carbons (Fsp3) is 0.316. The van der Waals surface area contributed by atoms with E-state index >= 15 is 0 Å². The van der Waals surface area contributed by atoms with Crippen LogP contribution in [-0.4, -0.2) is 38.9 Å². The number of sulfonamides is 1. The Morgan fingerprint density at radius 3 is 2.31 bits per heavy atom. The van der Waals surface area contributed by atoms with Gasteiger partial charge in [-0.05, 0) is 36.2 Å². The van der Waals surface area contributed by atoms with Crippen LogP contribution < -0.4 is 14.8 Å². The van der Waals surface area contributed by atoms with Crippen LogP contribution in [0.4, 0.5) is 5.69 Å². The third-order valence-corrected chi connectivity index (χ3v) is 5.41. The molecular formula is C19H23N3O6S.